The summed E-state index contributed by atoms with van der Waals surface area (Å²) in [5.41, 5.74) is 3.82. The fourth-order valence-electron chi connectivity index (χ4n) is 3.91. The van der Waals surface area contributed by atoms with Crippen molar-refractivity contribution >= 4 is 29.6 Å². The largest absolute Gasteiger partial charge is 0.497 e. The van der Waals surface area contributed by atoms with E-state index >= 15 is 0 Å². The molecule has 4 aromatic rings. The highest BCUT2D eigenvalue weighted by molar-refractivity contribution is 6.01. The molecule has 0 bridgehead atoms. The van der Waals surface area contributed by atoms with Crippen LogP contribution in [0.2, 0.25) is 0 Å². The van der Waals surface area contributed by atoms with Crippen LogP contribution in [-0.4, -0.2) is 34.9 Å². The van der Waals surface area contributed by atoms with E-state index in [9.17, 15) is 4.79 Å². The van der Waals surface area contributed by atoms with Gasteiger partial charge in [0, 0.05) is 11.8 Å². The highest BCUT2D eigenvalue weighted by atomic mass is 16.5. The number of nitrogens with zero attached hydrogens (tertiary/aromatic N) is 3. The predicted octanol–water partition coefficient (Wildman–Crippen LogP) is 5.00. The van der Waals surface area contributed by atoms with E-state index in [1.807, 2.05) is 78.9 Å². The van der Waals surface area contributed by atoms with Gasteiger partial charge >= 0.3 is 0 Å². The Bertz CT molecular complexity index is 1410. The van der Waals surface area contributed by atoms with Crippen LogP contribution in [0.25, 0.3) is 11.8 Å². The summed E-state index contributed by atoms with van der Waals surface area (Å²) in [6, 6.07) is 25.0. The zero-order chi connectivity index (χ0) is 24.9. The van der Waals surface area contributed by atoms with Gasteiger partial charge in [0.15, 0.2) is 0 Å². The number of carbonyl (C=O) groups excluding carboxylic acids is 1. The molecule has 0 radical (unpaired) electrons. The van der Waals surface area contributed by atoms with Crippen LogP contribution >= 0.6 is 0 Å². The standard InChI is InChI=1S/C28H25N5O3/c1-35-22-13-8-19(9-14-22)10-17-26(34)30-27-31-28-29-24(20-6-4-3-5-7-20)18-25(33(28)32-27)21-11-15-23(36-2)16-12-21/h3-18,25H,1-2H3,(H2,29,30,31,32,34)/b17-10+/t25-/m0/s1. The molecule has 8 heteroatoms. The number of amides is 1. The first-order chi connectivity index (χ1) is 17.6. The van der Waals surface area contributed by atoms with Crippen molar-refractivity contribution < 1.29 is 14.3 Å². The lowest BCUT2D eigenvalue weighted by molar-refractivity contribution is -0.111. The van der Waals surface area contributed by atoms with Gasteiger partial charge in [-0.1, -0.05) is 54.6 Å². The van der Waals surface area contributed by atoms with Gasteiger partial charge in [-0.15, -0.1) is 5.10 Å². The second-order valence-electron chi connectivity index (χ2n) is 8.09. The molecule has 0 saturated heterocycles. The number of carbonyl (C=O) groups is 1. The summed E-state index contributed by atoms with van der Waals surface area (Å²) in [5.74, 6) is 1.95. The summed E-state index contributed by atoms with van der Waals surface area (Å²) >= 11 is 0. The molecule has 1 atom stereocenters. The van der Waals surface area contributed by atoms with Crippen molar-refractivity contribution in [1.82, 2.24) is 14.8 Å². The Morgan fingerprint density at radius 1 is 0.944 bits per heavy atom. The minimum atomic E-state index is -0.328. The van der Waals surface area contributed by atoms with Gasteiger partial charge in [-0.25, -0.2) is 4.68 Å². The van der Waals surface area contributed by atoms with E-state index in [-0.39, 0.29) is 17.9 Å². The first kappa shape index (κ1) is 22.9. The van der Waals surface area contributed by atoms with E-state index < -0.39 is 0 Å². The molecule has 180 valence electrons. The fraction of sp³-hybridized carbons (Fsp3) is 0.107. The van der Waals surface area contributed by atoms with Crippen molar-refractivity contribution in [2.75, 3.05) is 24.9 Å². The fourth-order valence-corrected chi connectivity index (χ4v) is 3.91. The minimum absolute atomic E-state index is 0.211. The SMILES string of the molecule is COc1ccc(/C=C/C(=O)Nc2nc3n(n2)[C@H](c2ccc(OC)cc2)C=C(c2ccccc2)N3)cc1. The molecule has 0 spiro atoms. The van der Waals surface area contributed by atoms with Gasteiger partial charge in [-0.2, -0.15) is 4.98 Å². The Balaban J connectivity index is 1.40. The number of benzene rings is 3. The lowest BCUT2D eigenvalue weighted by Gasteiger charge is -2.24. The molecule has 1 aliphatic heterocycles. The molecule has 0 fully saturated rings. The minimum Gasteiger partial charge on any atom is -0.497 e. The van der Waals surface area contributed by atoms with E-state index in [1.54, 1.807) is 25.0 Å². The van der Waals surface area contributed by atoms with Crippen molar-refractivity contribution in [3.8, 4) is 11.5 Å². The third-order valence-electron chi connectivity index (χ3n) is 5.79. The van der Waals surface area contributed by atoms with Crippen LogP contribution in [0.15, 0.2) is 91.0 Å². The smallest absolute Gasteiger partial charge is 0.250 e. The molecule has 2 heterocycles. The number of ether oxygens (including phenoxy) is 2. The second kappa shape index (κ2) is 10.2. The van der Waals surface area contributed by atoms with Crippen LogP contribution in [-0.2, 0) is 4.79 Å². The average molecular weight is 480 g/mol. The Labute approximate surface area is 208 Å². The number of rotatable bonds is 7. The van der Waals surface area contributed by atoms with Gasteiger partial charge in [0.25, 0.3) is 11.9 Å². The van der Waals surface area contributed by atoms with Crippen LogP contribution in [0, 0.1) is 0 Å². The zero-order valence-electron chi connectivity index (χ0n) is 19.9. The summed E-state index contributed by atoms with van der Waals surface area (Å²) in [7, 11) is 3.25. The summed E-state index contributed by atoms with van der Waals surface area (Å²) in [5, 5.41) is 10.7. The molecule has 2 N–H and O–H groups in total. The normalized spacial score (nSPS) is 14.5. The third-order valence-corrected chi connectivity index (χ3v) is 5.79. The molecule has 1 amide bonds. The maximum Gasteiger partial charge on any atom is 0.250 e. The van der Waals surface area contributed by atoms with E-state index in [0.717, 1.165) is 33.9 Å². The van der Waals surface area contributed by atoms with Gasteiger partial charge in [0.1, 0.15) is 17.5 Å². The lowest BCUT2D eigenvalue weighted by atomic mass is 10.0. The van der Waals surface area contributed by atoms with E-state index in [2.05, 4.69) is 26.8 Å². The Morgan fingerprint density at radius 2 is 1.61 bits per heavy atom. The Kier molecular flexibility index (Phi) is 6.48. The zero-order valence-corrected chi connectivity index (χ0v) is 19.9. The number of fused-ring (bicyclic) bond motifs is 1. The van der Waals surface area contributed by atoms with E-state index in [0.29, 0.717) is 5.95 Å². The maximum atomic E-state index is 12.6. The highest BCUT2D eigenvalue weighted by Crippen LogP contribution is 2.33. The quantitative estimate of drug-likeness (QED) is 0.363. The molecule has 36 heavy (non-hydrogen) atoms. The number of nitrogens with one attached hydrogen (secondary N) is 2. The van der Waals surface area contributed by atoms with E-state index in [1.165, 1.54) is 6.08 Å². The number of methoxy groups -OCH3 is 2. The van der Waals surface area contributed by atoms with Crippen molar-refractivity contribution in [2.24, 2.45) is 0 Å². The molecule has 0 aliphatic carbocycles. The summed E-state index contributed by atoms with van der Waals surface area (Å²) in [4.78, 5) is 17.1. The van der Waals surface area contributed by atoms with Gasteiger partial charge in [0.05, 0.1) is 14.2 Å². The first-order valence-electron chi connectivity index (χ1n) is 11.4. The third kappa shape index (κ3) is 4.97. The monoisotopic (exact) mass is 479 g/mol. The Hall–Kier alpha value is -4.85. The molecule has 1 aliphatic rings. The van der Waals surface area contributed by atoms with Crippen LogP contribution in [0.1, 0.15) is 22.7 Å². The molecule has 5 rings (SSSR count). The van der Waals surface area contributed by atoms with Crippen molar-refractivity contribution in [3.05, 3.63) is 108 Å². The van der Waals surface area contributed by atoms with Crippen molar-refractivity contribution in [2.45, 2.75) is 6.04 Å². The number of hydrogen-bond acceptors (Lipinski definition) is 6. The molecule has 0 saturated carbocycles. The van der Waals surface area contributed by atoms with Crippen molar-refractivity contribution in [1.29, 1.82) is 0 Å². The van der Waals surface area contributed by atoms with Crippen LogP contribution in [0.4, 0.5) is 11.9 Å². The number of hydrogen-bond donors (Lipinski definition) is 2. The number of aromatic nitrogens is 3. The Morgan fingerprint density at radius 3 is 2.28 bits per heavy atom. The topological polar surface area (TPSA) is 90.3 Å². The summed E-state index contributed by atoms with van der Waals surface area (Å²) in [6.45, 7) is 0. The molecular weight excluding hydrogens is 454 g/mol. The second-order valence-corrected chi connectivity index (χ2v) is 8.09. The van der Waals surface area contributed by atoms with E-state index in [4.69, 9.17) is 9.47 Å². The summed E-state index contributed by atoms with van der Waals surface area (Å²) in [6.07, 6.45) is 5.26. The summed E-state index contributed by atoms with van der Waals surface area (Å²) < 4.78 is 12.2. The van der Waals surface area contributed by atoms with Gasteiger partial charge in [-0.05, 0) is 53.1 Å². The maximum absolute atomic E-state index is 12.6. The number of allylic oxidation sites excluding steroid dienone is 1. The van der Waals surface area contributed by atoms with Gasteiger partial charge in [0.2, 0.25) is 5.95 Å². The molecule has 3 aromatic carbocycles. The molecule has 1 aromatic heterocycles. The average Bonchev–Trinajstić information content (AvgIpc) is 3.34. The first-order valence-corrected chi connectivity index (χ1v) is 11.4. The van der Waals surface area contributed by atoms with Gasteiger partial charge < -0.3 is 14.8 Å². The predicted molar refractivity (Wildman–Crippen MR) is 140 cm³/mol. The van der Waals surface area contributed by atoms with Crippen LogP contribution in [0.5, 0.6) is 11.5 Å². The lowest BCUT2D eigenvalue weighted by Crippen LogP contribution is -2.20. The molecule has 8 nitrogen and oxygen atoms in total. The highest BCUT2D eigenvalue weighted by Gasteiger charge is 2.25. The van der Waals surface area contributed by atoms with Crippen LogP contribution < -0.4 is 20.1 Å². The van der Waals surface area contributed by atoms with Crippen molar-refractivity contribution in [3.63, 3.8) is 0 Å². The van der Waals surface area contributed by atoms with Gasteiger partial charge in [-0.3, -0.25) is 10.1 Å². The number of anilines is 2. The molecule has 0 unspecified atom stereocenters. The van der Waals surface area contributed by atoms with Crippen LogP contribution in [0.3, 0.4) is 0 Å². The molecular formula is C28H25N5O3.